The Bertz CT molecular complexity index is 540. The molecule has 0 saturated carbocycles. The highest BCUT2D eigenvalue weighted by Crippen LogP contribution is 2.13. The molecule has 1 aromatic rings. The van der Waals surface area contributed by atoms with E-state index >= 15 is 0 Å². The molecule has 1 atom stereocenters. The summed E-state index contributed by atoms with van der Waals surface area (Å²) in [5.41, 5.74) is 0.0929. The Morgan fingerprint density at radius 2 is 2.32 bits per heavy atom. The first kappa shape index (κ1) is 16.1. The van der Waals surface area contributed by atoms with Crippen LogP contribution in [0.3, 0.4) is 0 Å². The second kappa shape index (κ2) is 7.67. The highest BCUT2D eigenvalue weighted by atomic mass is 19.3. The zero-order chi connectivity index (χ0) is 15.9. The molecule has 0 bridgehead atoms. The van der Waals surface area contributed by atoms with Crippen LogP contribution in [0.15, 0.2) is 18.3 Å². The van der Waals surface area contributed by atoms with E-state index in [0.29, 0.717) is 25.8 Å². The van der Waals surface area contributed by atoms with Gasteiger partial charge in [-0.15, -0.1) is 0 Å². The number of ether oxygens (including phenoxy) is 1. The number of hydrogen-bond acceptors (Lipinski definition) is 4. The van der Waals surface area contributed by atoms with E-state index in [-0.39, 0.29) is 23.4 Å². The van der Waals surface area contributed by atoms with Crippen molar-refractivity contribution in [2.75, 3.05) is 13.2 Å². The van der Waals surface area contributed by atoms with Gasteiger partial charge in [0, 0.05) is 31.3 Å². The predicted octanol–water partition coefficient (Wildman–Crippen LogP) is 1.12. The summed E-state index contributed by atoms with van der Waals surface area (Å²) in [4.78, 5) is 27.3. The van der Waals surface area contributed by atoms with Crippen LogP contribution in [0.4, 0.5) is 8.78 Å². The van der Waals surface area contributed by atoms with Crippen molar-refractivity contribution >= 4 is 11.8 Å². The van der Waals surface area contributed by atoms with Gasteiger partial charge in [0.25, 0.3) is 12.3 Å². The quantitative estimate of drug-likeness (QED) is 0.854. The Morgan fingerprint density at radius 3 is 3.09 bits per heavy atom. The number of pyridine rings is 1. The van der Waals surface area contributed by atoms with Crippen LogP contribution in [0.1, 0.15) is 29.8 Å². The standard InChI is InChI=1S/C14H17F2N3O3/c15-12(16)8-22-10-4-6-17-11(7-10)14(21)19-9-1-2-13(20)18-5-3-9/h4,6-7,9,12H,1-3,5,8H2,(H,18,20)(H,19,21). The molecule has 0 spiro atoms. The van der Waals surface area contributed by atoms with E-state index in [9.17, 15) is 18.4 Å². The molecular weight excluding hydrogens is 296 g/mol. The average molecular weight is 313 g/mol. The fourth-order valence-corrected chi connectivity index (χ4v) is 2.11. The lowest BCUT2D eigenvalue weighted by Gasteiger charge is -2.15. The van der Waals surface area contributed by atoms with E-state index in [1.54, 1.807) is 0 Å². The topological polar surface area (TPSA) is 80.3 Å². The Balaban J connectivity index is 1.94. The molecule has 8 heteroatoms. The molecular formula is C14H17F2N3O3. The summed E-state index contributed by atoms with van der Waals surface area (Å²) in [6.45, 7) is -0.226. The van der Waals surface area contributed by atoms with Gasteiger partial charge in [0.1, 0.15) is 18.1 Å². The van der Waals surface area contributed by atoms with Gasteiger partial charge in [0.2, 0.25) is 5.91 Å². The number of rotatable bonds is 5. The number of carbonyl (C=O) groups is 2. The largest absolute Gasteiger partial charge is 0.488 e. The third-order valence-electron chi connectivity index (χ3n) is 3.21. The molecule has 1 aromatic heterocycles. The molecule has 2 N–H and O–H groups in total. The molecule has 1 fully saturated rings. The van der Waals surface area contributed by atoms with E-state index in [1.165, 1.54) is 18.3 Å². The number of aromatic nitrogens is 1. The minimum Gasteiger partial charge on any atom is -0.488 e. The lowest BCUT2D eigenvalue weighted by atomic mass is 10.1. The Morgan fingerprint density at radius 1 is 1.50 bits per heavy atom. The van der Waals surface area contributed by atoms with Crippen molar-refractivity contribution in [1.29, 1.82) is 0 Å². The van der Waals surface area contributed by atoms with Crippen LogP contribution < -0.4 is 15.4 Å². The van der Waals surface area contributed by atoms with E-state index in [2.05, 4.69) is 15.6 Å². The summed E-state index contributed by atoms with van der Waals surface area (Å²) in [5.74, 6) is -0.280. The zero-order valence-electron chi connectivity index (χ0n) is 11.9. The summed E-state index contributed by atoms with van der Waals surface area (Å²) in [6, 6.07) is 2.60. The van der Waals surface area contributed by atoms with Gasteiger partial charge >= 0.3 is 0 Å². The first-order chi connectivity index (χ1) is 10.5. The van der Waals surface area contributed by atoms with Gasteiger partial charge in [-0.25, -0.2) is 8.78 Å². The molecule has 2 rings (SSSR count). The molecule has 1 aliphatic rings. The average Bonchev–Trinajstić information content (AvgIpc) is 2.70. The minimum atomic E-state index is -2.58. The number of carbonyl (C=O) groups excluding carboxylic acids is 2. The van der Waals surface area contributed by atoms with Gasteiger partial charge < -0.3 is 15.4 Å². The fourth-order valence-electron chi connectivity index (χ4n) is 2.11. The van der Waals surface area contributed by atoms with E-state index in [4.69, 9.17) is 4.74 Å². The first-order valence-electron chi connectivity index (χ1n) is 6.99. The summed E-state index contributed by atoms with van der Waals surface area (Å²) in [7, 11) is 0. The Labute approximate surface area is 126 Å². The van der Waals surface area contributed by atoms with Gasteiger partial charge in [-0.2, -0.15) is 0 Å². The van der Waals surface area contributed by atoms with E-state index in [1.807, 2.05) is 0 Å². The summed E-state index contributed by atoms with van der Waals surface area (Å²) in [6.07, 6.45) is 0.295. The van der Waals surface area contributed by atoms with Crippen LogP contribution in [0, 0.1) is 0 Å². The van der Waals surface area contributed by atoms with Crippen molar-refractivity contribution < 1.29 is 23.1 Å². The Hall–Kier alpha value is -2.25. The van der Waals surface area contributed by atoms with Gasteiger partial charge in [-0.3, -0.25) is 14.6 Å². The molecule has 0 aliphatic carbocycles. The summed E-state index contributed by atoms with van der Waals surface area (Å²) < 4.78 is 29.1. The maximum atomic E-state index is 12.1. The highest BCUT2D eigenvalue weighted by molar-refractivity contribution is 5.92. The molecule has 120 valence electrons. The van der Waals surface area contributed by atoms with Crippen LogP contribution in [-0.2, 0) is 4.79 Å². The first-order valence-corrected chi connectivity index (χ1v) is 6.99. The molecule has 2 heterocycles. The van der Waals surface area contributed by atoms with E-state index in [0.717, 1.165) is 0 Å². The maximum Gasteiger partial charge on any atom is 0.272 e. The van der Waals surface area contributed by atoms with Crippen molar-refractivity contribution in [2.24, 2.45) is 0 Å². The van der Waals surface area contributed by atoms with Crippen LogP contribution in [-0.4, -0.2) is 42.4 Å². The summed E-state index contributed by atoms with van der Waals surface area (Å²) in [5, 5.41) is 5.52. The van der Waals surface area contributed by atoms with Crippen molar-refractivity contribution in [2.45, 2.75) is 31.7 Å². The lowest BCUT2D eigenvalue weighted by molar-refractivity contribution is -0.120. The third kappa shape index (κ3) is 4.94. The monoisotopic (exact) mass is 313 g/mol. The van der Waals surface area contributed by atoms with Crippen LogP contribution in [0.25, 0.3) is 0 Å². The number of nitrogens with one attached hydrogen (secondary N) is 2. The predicted molar refractivity (Wildman–Crippen MR) is 73.9 cm³/mol. The van der Waals surface area contributed by atoms with Crippen LogP contribution in [0.5, 0.6) is 5.75 Å². The molecule has 2 amide bonds. The van der Waals surface area contributed by atoms with Gasteiger partial charge in [-0.05, 0) is 18.9 Å². The minimum absolute atomic E-state index is 0.0303. The van der Waals surface area contributed by atoms with Crippen molar-refractivity contribution in [3.8, 4) is 5.75 Å². The molecule has 0 radical (unpaired) electrons. The van der Waals surface area contributed by atoms with Crippen LogP contribution in [0.2, 0.25) is 0 Å². The smallest absolute Gasteiger partial charge is 0.272 e. The normalized spacial score (nSPS) is 18.5. The molecule has 22 heavy (non-hydrogen) atoms. The number of halogens is 2. The molecule has 1 unspecified atom stereocenters. The lowest BCUT2D eigenvalue weighted by Crippen LogP contribution is -2.35. The molecule has 1 saturated heterocycles. The number of alkyl halides is 2. The fraction of sp³-hybridized carbons (Fsp3) is 0.500. The second-order valence-corrected chi connectivity index (χ2v) is 4.93. The van der Waals surface area contributed by atoms with Gasteiger partial charge in [-0.1, -0.05) is 0 Å². The maximum absolute atomic E-state index is 12.1. The number of amides is 2. The third-order valence-corrected chi connectivity index (χ3v) is 3.21. The Kier molecular flexibility index (Phi) is 5.62. The van der Waals surface area contributed by atoms with Gasteiger partial charge in [0.05, 0.1) is 0 Å². The molecule has 6 nitrogen and oxygen atoms in total. The summed E-state index contributed by atoms with van der Waals surface area (Å²) >= 11 is 0. The van der Waals surface area contributed by atoms with Gasteiger partial charge in [0.15, 0.2) is 0 Å². The van der Waals surface area contributed by atoms with Crippen molar-refractivity contribution in [3.63, 3.8) is 0 Å². The van der Waals surface area contributed by atoms with Crippen LogP contribution >= 0.6 is 0 Å². The number of hydrogen-bond donors (Lipinski definition) is 2. The zero-order valence-corrected chi connectivity index (χ0v) is 11.9. The SMILES string of the molecule is O=C1CCC(NC(=O)c2cc(OCC(F)F)ccn2)CCN1. The van der Waals surface area contributed by atoms with Crippen molar-refractivity contribution in [1.82, 2.24) is 15.6 Å². The van der Waals surface area contributed by atoms with E-state index < -0.39 is 18.9 Å². The number of nitrogens with zero attached hydrogens (tertiary/aromatic N) is 1. The molecule has 1 aliphatic heterocycles. The highest BCUT2D eigenvalue weighted by Gasteiger charge is 2.19. The second-order valence-electron chi connectivity index (χ2n) is 4.93. The molecule has 0 aromatic carbocycles. The van der Waals surface area contributed by atoms with Crippen molar-refractivity contribution in [3.05, 3.63) is 24.0 Å².